The summed E-state index contributed by atoms with van der Waals surface area (Å²) in [5.41, 5.74) is 0.907. The first-order valence-electron chi connectivity index (χ1n) is 10.5. The Balaban J connectivity index is 2.50. The van der Waals surface area contributed by atoms with Gasteiger partial charge in [-0.25, -0.2) is 0 Å². The molecule has 1 atom stereocenters. The fourth-order valence-electron chi connectivity index (χ4n) is 2.74. The maximum absolute atomic E-state index is 12.5. The maximum Gasteiger partial charge on any atom is 0.305 e. The molecule has 8 heteroatoms. The van der Waals surface area contributed by atoms with Gasteiger partial charge < -0.3 is 9.47 Å². The monoisotopic (exact) mass is 442 g/mol. The summed E-state index contributed by atoms with van der Waals surface area (Å²) in [6, 6.07) is 6.17. The van der Waals surface area contributed by atoms with Crippen LogP contribution in [0.3, 0.4) is 0 Å². The molecule has 30 heavy (non-hydrogen) atoms. The average molecular weight is 443 g/mol. The van der Waals surface area contributed by atoms with Crippen LogP contribution in [-0.2, 0) is 33.4 Å². The molecule has 1 rings (SSSR count). The minimum absolute atomic E-state index is 0.0182. The average Bonchev–Trinajstić information content (AvgIpc) is 2.69. The molecular formula is C22H34O7S. The van der Waals surface area contributed by atoms with Gasteiger partial charge in [-0.1, -0.05) is 63.1 Å². The quantitative estimate of drug-likeness (QED) is 0.227. The van der Waals surface area contributed by atoms with Crippen molar-refractivity contribution in [1.82, 2.24) is 0 Å². The van der Waals surface area contributed by atoms with Crippen molar-refractivity contribution in [3.63, 3.8) is 0 Å². The number of carbonyl (C=O) groups excluding carboxylic acids is 2. The molecule has 0 saturated heterocycles. The number of ether oxygens (including phenoxy) is 2. The van der Waals surface area contributed by atoms with E-state index in [-0.39, 0.29) is 24.5 Å². The number of carbonyl (C=O) groups is 2. The molecule has 0 heterocycles. The van der Waals surface area contributed by atoms with Crippen LogP contribution < -0.4 is 0 Å². The van der Waals surface area contributed by atoms with E-state index in [2.05, 4.69) is 6.92 Å². The van der Waals surface area contributed by atoms with E-state index in [1.165, 1.54) is 38.3 Å². The molecule has 0 spiro atoms. The molecule has 0 aliphatic carbocycles. The minimum Gasteiger partial charge on any atom is -0.463 e. The summed E-state index contributed by atoms with van der Waals surface area (Å²) in [6.45, 7) is 4.57. The van der Waals surface area contributed by atoms with Gasteiger partial charge in [0.05, 0.1) is 4.90 Å². The van der Waals surface area contributed by atoms with Crippen molar-refractivity contribution in [3.05, 3.63) is 29.8 Å². The molecule has 0 aliphatic rings. The van der Waals surface area contributed by atoms with E-state index in [9.17, 15) is 18.0 Å². The third kappa shape index (κ3) is 11.3. The Hall–Kier alpha value is -1.93. The van der Waals surface area contributed by atoms with Gasteiger partial charge in [-0.05, 0) is 25.5 Å². The van der Waals surface area contributed by atoms with Gasteiger partial charge in [-0.15, -0.1) is 0 Å². The van der Waals surface area contributed by atoms with Crippen LogP contribution >= 0.6 is 0 Å². The Kier molecular flexibility index (Phi) is 12.3. The van der Waals surface area contributed by atoms with Crippen LogP contribution in [0.15, 0.2) is 29.2 Å². The molecular weight excluding hydrogens is 408 g/mol. The second-order valence-electron chi connectivity index (χ2n) is 7.34. The van der Waals surface area contributed by atoms with Crippen LogP contribution in [0.25, 0.3) is 0 Å². The first-order valence-corrected chi connectivity index (χ1v) is 11.9. The van der Waals surface area contributed by atoms with Crippen molar-refractivity contribution >= 4 is 22.1 Å². The Morgan fingerprint density at radius 1 is 0.900 bits per heavy atom. The largest absolute Gasteiger partial charge is 0.463 e. The summed E-state index contributed by atoms with van der Waals surface area (Å²) in [4.78, 5) is 23.0. The molecule has 0 amide bonds. The zero-order chi connectivity index (χ0) is 22.4. The van der Waals surface area contributed by atoms with E-state index in [1.54, 1.807) is 12.1 Å². The third-order valence-electron chi connectivity index (χ3n) is 4.46. The SMILES string of the molecule is CCCCCCCCCC(=O)OCC(COC(C)=O)OS(=O)(=O)c1ccc(C)cc1. The van der Waals surface area contributed by atoms with Crippen LogP contribution in [0.2, 0.25) is 0 Å². The summed E-state index contributed by atoms with van der Waals surface area (Å²) in [7, 11) is -4.09. The van der Waals surface area contributed by atoms with Gasteiger partial charge in [0.15, 0.2) is 0 Å². The highest BCUT2D eigenvalue weighted by Gasteiger charge is 2.24. The van der Waals surface area contributed by atoms with Crippen LogP contribution in [0, 0.1) is 6.92 Å². The second kappa shape index (κ2) is 14.1. The number of benzene rings is 1. The van der Waals surface area contributed by atoms with Gasteiger partial charge in [-0.2, -0.15) is 8.42 Å². The van der Waals surface area contributed by atoms with E-state index in [0.29, 0.717) is 0 Å². The molecule has 0 saturated carbocycles. The molecule has 1 unspecified atom stereocenters. The van der Waals surface area contributed by atoms with Crippen molar-refractivity contribution < 1.29 is 31.7 Å². The fourth-order valence-corrected chi connectivity index (χ4v) is 3.79. The number of hydrogen-bond donors (Lipinski definition) is 0. The van der Waals surface area contributed by atoms with Crippen molar-refractivity contribution in [3.8, 4) is 0 Å². The number of unbranched alkanes of at least 4 members (excludes halogenated alkanes) is 6. The van der Waals surface area contributed by atoms with Crippen LogP contribution in [-0.4, -0.2) is 39.7 Å². The molecule has 0 bridgehead atoms. The fraction of sp³-hybridized carbons (Fsp3) is 0.636. The van der Waals surface area contributed by atoms with Gasteiger partial charge in [0.2, 0.25) is 0 Å². The predicted molar refractivity (Wildman–Crippen MR) is 113 cm³/mol. The first kappa shape index (κ1) is 26.1. The molecule has 0 aromatic heterocycles. The van der Waals surface area contributed by atoms with Crippen LogP contribution in [0.5, 0.6) is 0 Å². The minimum atomic E-state index is -4.09. The van der Waals surface area contributed by atoms with Crippen LogP contribution in [0.1, 0.15) is 70.8 Å². The molecule has 1 aromatic carbocycles. The van der Waals surface area contributed by atoms with E-state index < -0.39 is 28.2 Å². The Morgan fingerprint density at radius 3 is 2.07 bits per heavy atom. The van der Waals surface area contributed by atoms with E-state index in [1.807, 2.05) is 6.92 Å². The summed E-state index contributed by atoms with van der Waals surface area (Å²) in [5, 5.41) is 0. The molecule has 170 valence electrons. The van der Waals surface area contributed by atoms with Gasteiger partial charge in [0, 0.05) is 13.3 Å². The lowest BCUT2D eigenvalue weighted by molar-refractivity contribution is -0.150. The van der Waals surface area contributed by atoms with E-state index in [4.69, 9.17) is 13.7 Å². The highest BCUT2D eigenvalue weighted by atomic mass is 32.2. The summed E-state index contributed by atoms with van der Waals surface area (Å²) in [5.74, 6) is -1.00. The van der Waals surface area contributed by atoms with Crippen molar-refractivity contribution in [1.29, 1.82) is 0 Å². The predicted octanol–water partition coefficient (Wildman–Crippen LogP) is 4.32. The number of esters is 2. The van der Waals surface area contributed by atoms with Gasteiger partial charge in [-0.3, -0.25) is 13.8 Å². The van der Waals surface area contributed by atoms with Crippen molar-refractivity contribution in [2.75, 3.05) is 13.2 Å². The molecule has 1 aromatic rings. The molecule has 0 aliphatic heterocycles. The Morgan fingerprint density at radius 2 is 1.47 bits per heavy atom. The van der Waals surface area contributed by atoms with E-state index >= 15 is 0 Å². The summed E-state index contributed by atoms with van der Waals surface area (Å²) in [6.07, 6.45) is 6.72. The number of aryl methyl sites for hydroxylation is 1. The van der Waals surface area contributed by atoms with Gasteiger partial charge in [0.25, 0.3) is 10.1 Å². The van der Waals surface area contributed by atoms with Gasteiger partial charge in [0.1, 0.15) is 19.3 Å². The van der Waals surface area contributed by atoms with Crippen molar-refractivity contribution in [2.45, 2.75) is 83.1 Å². The molecule has 0 fully saturated rings. The summed E-state index contributed by atoms with van der Waals surface area (Å²) >= 11 is 0. The standard InChI is InChI=1S/C22H34O7S/c1-4-5-6-7-8-9-10-11-22(24)28-17-20(16-27-19(3)23)29-30(25,26)21-14-12-18(2)13-15-21/h12-15,20H,4-11,16-17H2,1-3H3. The number of hydrogen-bond acceptors (Lipinski definition) is 7. The van der Waals surface area contributed by atoms with E-state index in [0.717, 1.165) is 31.2 Å². The number of rotatable bonds is 15. The lowest BCUT2D eigenvalue weighted by atomic mass is 10.1. The third-order valence-corrected chi connectivity index (χ3v) is 5.83. The highest BCUT2D eigenvalue weighted by Crippen LogP contribution is 2.16. The normalized spacial score (nSPS) is 12.4. The second-order valence-corrected chi connectivity index (χ2v) is 8.91. The lowest BCUT2D eigenvalue weighted by Gasteiger charge is -2.17. The van der Waals surface area contributed by atoms with Gasteiger partial charge >= 0.3 is 11.9 Å². The maximum atomic E-state index is 12.5. The smallest absolute Gasteiger partial charge is 0.305 e. The highest BCUT2D eigenvalue weighted by molar-refractivity contribution is 7.86. The lowest BCUT2D eigenvalue weighted by Crippen LogP contribution is -2.30. The first-order chi connectivity index (χ1) is 14.2. The zero-order valence-electron chi connectivity index (χ0n) is 18.2. The topological polar surface area (TPSA) is 96.0 Å². The summed E-state index contributed by atoms with van der Waals surface area (Å²) < 4.78 is 40.1. The zero-order valence-corrected chi connectivity index (χ0v) is 19.0. The Bertz CT molecular complexity index is 741. The molecule has 0 N–H and O–H groups in total. The molecule has 0 radical (unpaired) electrons. The Labute approximate surface area is 180 Å². The van der Waals surface area contributed by atoms with Crippen LogP contribution in [0.4, 0.5) is 0 Å². The van der Waals surface area contributed by atoms with Crippen molar-refractivity contribution in [2.24, 2.45) is 0 Å². The molecule has 7 nitrogen and oxygen atoms in total.